The smallest absolute Gasteiger partial charge is 0.313 e. The summed E-state index contributed by atoms with van der Waals surface area (Å²) in [6.07, 6.45) is 1.99. The molecule has 2 aromatic rings. The molecule has 0 saturated carbocycles. The van der Waals surface area contributed by atoms with E-state index in [9.17, 15) is 14.7 Å². The number of nitrogens with zero attached hydrogens (tertiary/aromatic N) is 3. The number of halogens is 1. The van der Waals surface area contributed by atoms with Crippen LogP contribution in [0.3, 0.4) is 0 Å². The second kappa shape index (κ2) is 7.09. The van der Waals surface area contributed by atoms with Gasteiger partial charge in [-0.1, -0.05) is 29.8 Å². The molecule has 138 valence electrons. The normalized spacial score (nSPS) is 19.7. The summed E-state index contributed by atoms with van der Waals surface area (Å²) in [4.78, 5) is 26.3. The molecule has 1 aliphatic heterocycles. The Bertz CT molecular complexity index is 851. The molecule has 1 aliphatic rings. The number of aryl methyl sites for hydroxylation is 1. The fraction of sp³-hybridized carbons (Fsp3) is 0.389. The van der Waals surface area contributed by atoms with Crippen molar-refractivity contribution in [1.29, 1.82) is 0 Å². The van der Waals surface area contributed by atoms with Crippen molar-refractivity contribution < 1.29 is 19.4 Å². The van der Waals surface area contributed by atoms with E-state index in [1.54, 1.807) is 35.0 Å². The Morgan fingerprint density at radius 3 is 2.77 bits per heavy atom. The summed E-state index contributed by atoms with van der Waals surface area (Å²) in [5, 5.41) is 14.5. The predicted octanol–water partition coefficient (Wildman–Crippen LogP) is 2.30. The van der Waals surface area contributed by atoms with Gasteiger partial charge in [-0.2, -0.15) is 5.10 Å². The van der Waals surface area contributed by atoms with E-state index in [0.29, 0.717) is 34.8 Å². The number of likely N-dealkylation sites (tertiary alicyclic amines) is 1. The van der Waals surface area contributed by atoms with Crippen molar-refractivity contribution in [3.63, 3.8) is 0 Å². The molecule has 2 heterocycles. The Labute approximate surface area is 156 Å². The van der Waals surface area contributed by atoms with Gasteiger partial charge in [0.1, 0.15) is 11.1 Å². The highest BCUT2D eigenvalue weighted by Crippen LogP contribution is 2.34. The van der Waals surface area contributed by atoms with Gasteiger partial charge in [0.25, 0.3) is 5.91 Å². The number of carbonyl (C=O) groups excluding carboxylic acids is 1. The van der Waals surface area contributed by atoms with Gasteiger partial charge in [-0.15, -0.1) is 0 Å². The van der Waals surface area contributed by atoms with Gasteiger partial charge in [0.05, 0.1) is 17.2 Å². The van der Waals surface area contributed by atoms with Gasteiger partial charge in [0.15, 0.2) is 0 Å². The second-order valence-corrected chi connectivity index (χ2v) is 6.95. The number of amides is 1. The monoisotopic (exact) mass is 377 g/mol. The zero-order valence-electron chi connectivity index (χ0n) is 14.6. The number of carbonyl (C=O) groups is 2. The van der Waals surface area contributed by atoms with Crippen molar-refractivity contribution in [2.24, 2.45) is 12.5 Å². The average molecular weight is 378 g/mol. The quantitative estimate of drug-likeness (QED) is 0.864. The molecule has 1 fully saturated rings. The molecule has 1 N–H and O–H groups in total. The first-order valence-electron chi connectivity index (χ1n) is 8.18. The van der Waals surface area contributed by atoms with Gasteiger partial charge in [0, 0.05) is 39.0 Å². The number of ether oxygens (including phenoxy) is 1. The lowest BCUT2D eigenvalue weighted by Gasteiger charge is -2.23. The zero-order chi connectivity index (χ0) is 18.9. The van der Waals surface area contributed by atoms with Crippen LogP contribution in [0, 0.1) is 5.41 Å². The number of benzene rings is 1. The first kappa shape index (κ1) is 18.4. The van der Waals surface area contributed by atoms with Crippen LogP contribution in [0.25, 0.3) is 11.3 Å². The van der Waals surface area contributed by atoms with Crippen LogP contribution in [0.15, 0.2) is 30.5 Å². The topological polar surface area (TPSA) is 84.7 Å². The van der Waals surface area contributed by atoms with Gasteiger partial charge in [-0.3, -0.25) is 14.3 Å². The van der Waals surface area contributed by atoms with Crippen LogP contribution < -0.4 is 0 Å². The van der Waals surface area contributed by atoms with Gasteiger partial charge < -0.3 is 14.7 Å². The van der Waals surface area contributed by atoms with Gasteiger partial charge in [0.2, 0.25) is 0 Å². The lowest BCUT2D eigenvalue weighted by atomic mass is 9.88. The summed E-state index contributed by atoms with van der Waals surface area (Å²) < 4.78 is 6.64. The van der Waals surface area contributed by atoms with E-state index in [1.165, 1.54) is 7.11 Å². The molecule has 0 radical (unpaired) electrons. The highest BCUT2D eigenvalue weighted by atomic mass is 35.5. The highest BCUT2D eigenvalue weighted by molar-refractivity contribution is 6.33. The lowest BCUT2D eigenvalue weighted by molar-refractivity contribution is -0.151. The average Bonchev–Trinajstić information content (AvgIpc) is 3.20. The highest BCUT2D eigenvalue weighted by Gasteiger charge is 2.47. The van der Waals surface area contributed by atoms with E-state index in [1.807, 2.05) is 12.1 Å². The van der Waals surface area contributed by atoms with Crippen LogP contribution in [0.1, 0.15) is 16.8 Å². The van der Waals surface area contributed by atoms with Gasteiger partial charge in [-0.25, -0.2) is 0 Å². The minimum atomic E-state index is -1.07. The molecule has 26 heavy (non-hydrogen) atoms. The summed E-state index contributed by atoms with van der Waals surface area (Å²) >= 11 is 6.26. The summed E-state index contributed by atoms with van der Waals surface area (Å²) in [5.41, 5.74) is 0.484. The molecular weight excluding hydrogens is 358 g/mol. The number of hydrogen-bond acceptors (Lipinski definition) is 4. The molecule has 0 spiro atoms. The van der Waals surface area contributed by atoms with Crippen molar-refractivity contribution in [2.75, 3.05) is 26.8 Å². The van der Waals surface area contributed by atoms with Gasteiger partial charge in [-0.05, 0) is 12.5 Å². The Hall–Kier alpha value is -2.38. The molecule has 3 rings (SSSR count). The lowest BCUT2D eigenvalue weighted by Crippen LogP contribution is -2.40. The van der Waals surface area contributed by atoms with E-state index in [2.05, 4.69) is 5.10 Å². The predicted molar refractivity (Wildman–Crippen MR) is 96.1 cm³/mol. The third-order valence-electron chi connectivity index (χ3n) is 4.70. The molecule has 1 aromatic heterocycles. The Balaban J connectivity index is 1.93. The summed E-state index contributed by atoms with van der Waals surface area (Å²) in [5.74, 6) is -1.21. The van der Waals surface area contributed by atoms with Crippen LogP contribution in [0.5, 0.6) is 0 Å². The van der Waals surface area contributed by atoms with Crippen molar-refractivity contribution in [2.45, 2.75) is 6.42 Å². The molecular formula is C18H20ClN3O4. The molecule has 0 bridgehead atoms. The number of aliphatic carboxylic acids is 1. The number of carboxylic acids is 1. The zero-order valence-corrected chi connectivity index (χ0v) is 15.4. The Morgan fingerprint density at radius 1 is 1.38 bits per heavy atom. The van der Waals surface area contributed by atoms with E-state index < -0.39 is 11.4 Å². The third kappa shape index (κ3) is 3.20. The molecule has 1 atom stereocenters. The van der Waals surface area contributed by atoms with E-state index in [0.717, 1.165) is 0 Å². The maximum atomic E-state index is 13.1. The van der Waals surface area contributed by atoms with E-state index in [4.69, 9.17) is 16.3 Å². The van der Waals surface area contributed by atoms with Crippen molar-refractivity contribution in [3.05, 3.63) is 41.0 Å². The number of hydrogen-bond donors (Lipinski definition) is 1. The maximum absolute atomic E-state index is 13.1. The number of methoxy groups -OCH3 is 1. The van der Waals surface area contributed by atoms with Gasteiger partial charge >= 0.3 is 5.97 Å². The van der Waals surface area contributed by atoms with Crippen LogP contribution in [-0.2, 0) is 16.6 Å². The van der Waals surface area contributed by atoms with Crippen molar-refractivity contribution in [1.82, 2.24) is 14.7 Å². The molecule has 1 saturated heterocycles. The molecule has 7 nitrogen and oxygen atoms in total. The number of carboxylic acid groups (broad SMARTS) is 1. The summed E-state index contributed by atoms with van der Waals surface area (Å²) in [6.45, 7) is 0.522. The summed E-state index contributed by atoms with van der Waals surface area (Å²) in [7, 11) is 3.19. The minimum absolute atomic E-state index is 0.0660. The van der Waals surface area contributed by atoms with Crippen molar-refractivity contribution in [3.8, 4) is 11.3 Å². The molecule has 8 heteroatoms. The second-order valence-electron chi connectivity index (χ2n) is 6.54. The first-order valence-corrected chi connectivity index (χ1v) is 8.56. The van der Waals surface area contributed by atoms with Crippen LogP contribution >= 0.6 is 11.6 Å². The van der Waals surface area contributed by atoms with E-state index in [-0.39, 0.29) is 19.1 Å². The largest absolute Gasteiger partial charge is 0.481 e. The molecule has 1 aromatic carbocycles. The fourth-order valence-electron chi connectivity index (χ4n) is 3.34. The number of rotatable bonds is 5. The third-order valence-corrected chi connectivity index (χ3v) is 5.03. The van der Waals surface area contributed by atoms with Crippen LogP contribution in [0.2, 0.25) is 5.02 Å². The fourth-order valence-corrected chi connectivity index (χ4v) is 3.57. The van der Waals surface area contributed by atoms with Crippen LogP contribution in [0.4, 0.5) is 0 Å². The van der Waals surface area contributed by atoms with E-state index >= 15 is 0 Å². The molecule has 0 aliphatic carbocycles. The maximum Gasteiger partial charge on any atom is 0.313 e. The molecule has 1 unspecified atom stereocenters. The summed E-state index contributed by atoms with van der Waals surface area (Å²) in [6, 6.07) is 7.18. The van der Waals surface area contributed by atoms with Crippen molar-refractivity contribution >= 4 is 23.5 Å². The van der Waals surface area contributed by atoms with Crippen LogP contribution in [-0.4, -0.2) is 58.5 Å². The molecule has 1 amide bonds. The first-order chi connectivity index (χ1) is 12.4. The Kier molecular flexibility index (Phi) is 5.02. The number of aromatic nitrogens is 2. The SMILES string of the molecule is COCC1(C(=O)O)CCN(C(=O)c2cn(C)nc2-c2ccccc2Cl)C1. The minimum Gasteiger partial charge on any atom is -0.481 e. The Morgan fingerprint density at radius 2 is 2.12 bits per heavy atom. The standard InChI is InChI=1S/C18H20ClN3O4/c1-21-9-13(15(20-21)12-5-3-4-6-14(12)19)16(23)22-8-7-18(10-22,11-26-2)17(24)25/h3-6,9H,7-8,10-11H2,1-2H3,(H,24,25).